The van der Waals surface area contributed by atoms with Crippen LogP contribution in [0.15, 0.2) is 48.5 Å². The van der Waals surface area contributed by atoms with Crippen molar-refractivity contribution in [1.29, 1.82) is 0 Å². The molecule has 0 bridgehead atoms. The first-order chi connectivity index (χ1) is 14.0. The van der Waals surface area contributed by atoms with Gasteiger partial charge in [0, 0.05) is 28.6 Å². The molecule has 0 aliphatic carbocycles. The van der Waals surface area contributed by atoms with Crippen molar-refractivity contribution in [3.05, 3.63) is 76.3 Å². The third kappa shape index (κ3) is 4.56. The van der Waals surface area contributed by atoms with Crippen LogP contribution >= 0.6 is 11.6 Å². The fraction of sp³-hybridized carbons (Fsp3) is 0.318. The highest BCUT2D eigenvalue weighted by Crippen LogP contribution is 2.26. The molecule has 0 radical (unpaired) electrons. The van der Waals surface area contributed by atoms with Crippen LogP contribution < -0.4 is 0 Å². The van der Waals surface area contributed by atoms with Crippen LogP contribution in [-0.4, -0.2) is 50.7 Å². The minimum atomic E-state index is -0.284. The molecule has 7 heteroatoms. The Morgan fingerprint density at radius 3 is 2.45 bits per heavy atom. The molecule has 1 atom stereocenters. The van der Waals surface area contributed by atoms with E-state index in [0.717, 1.165) is 6.42 Å². The zero-order valence-corrected chi connectivity index (χ0v) is 17.6. The van der Waals surface area contributed by atoms with E-state index in [4.69, 9.17) is 11.6 Å². The first-order valence-electron chi connectivity index (χ1n) is 9.56. The van der Waals surface area contributed by atoms with E-state index in [-0.39, 0.29) is 18.4 Å². The minimum absolute atomic E-state index is 0.147. The van der Waals surface area contributed by atoms with E-state index in [1.165, 1.54) is 0 Å². The number of hydrogen-bond acceptors (Lipinski definition) is 5. The molecule has 0 spiro atoms. The van der Waals surface area contributed by atoms with Gasteiger partial charge >= 0.3 is 0 Å². The molecule has 0 saturated carbocycles. The molecule has 0 aliphatic heterocycles. The maximum Gasteiger partial charge on any atom is 0.195 e. The van der Waals surface area contributed by atoms with Crippen molar-refractivity contribution in [1.82, 2.24) is 19.7 Å². The molecule has 3 rings (SSSR count). The molecular weight excluding hydrogens is 388 g/mol. The summed E-state index contributed by atoms with van der Waals surface area (Å²) in [6.45, 7) is 1.83. The lowest BCUT2D eigenvalue weighted by Crippen LogP contribution is -2.30. The van der Waals surface area contributed by atoms with E-state index in [9.17, 15) is 9.90 Å². The van der Waals surface area contributed by atoms with Crippen molar-refractivity contribution in [2.45, 2.75) is 32.4 Å². The normalized spacial score (nSPS) is 12.3. The van der Waals surface area contributed by atoms with Crippen LogP contribution in [0.25, 0.3) is 5.69 Å². The van der Waals surface area contributed by atoms with E-state index in [1.807, 2.05) is 32.3 Å². The van der Waals surface area contributed by atoms with Crippen LogP contribution in [0.1, 0.15) is 40.9 Å². The van der Waals surface area contributed by atoms with Gasteiger partial charge in [-0.25, -0.2) is 0 Å². The van der Waals surface area contributed by atoms with Gasteiger partial charge in [-0.3, -0.25) is 9.36 Å². The summed E-state index contributed by atoms with van der Waals surface area (Å²) in [5.74, 6) is 0.934. The monoisotopic (exact) mass is 412 g/mol. The molecule has 0 saturated heterocycles. The molecule has 0 aliphatic rings. The third-order valence-electron chi connectivity index (χ3n) is 5.04. The van der Waals surface area contributed by atoms with Gasteiger partial charge in [0.2, 0.25) is 0 Å². The SMILES string of the molecule is CCC(Cc1nnc(CO)n1-c1ccc(Cl)cc1C(=O)c1ccccc1)N(C)C. The van der Waals surface area contributed by atoms with Gasteiger partial charge in [0.05, 0.1) is 5.69 Å². The average Bonchev–Trinajstić information content (AvgIpc) is 3.14. The quantitative estimate of drug-likeness (QED) is 0.573. The largest absolute Gasteiger partial charge is 0.388 e. The fourth-order valence-corrected chi connectivity index (χ4v) is 3.57. The lowest BCUT2D eigenvalue weighted by atomic mass is 10.0. The van der Waals surface area contributed by atoms with Crippen molar-refractivity contribution in [3.63, 3.8) is 0 Å². The first-order valence-corrected chi connectivity index (χ1v) is 9.94. The average molecular weight is 413 g/mol. The Morgan fingerprint density at radius 2 is 1.83 bits per heavy atom. The van der Waals surface area contributed by atoms with E-state index in [1.54, 1.807) is 34.9 Å². The number of aromatic nitrogens is 3. The molecule has 6 nitrogen and oxygen atoms in total. The Bertz CT molecular complexity index is 986. The molecule has 2 aromatic carbocycles. The Morgan fingerprint density at radius 1 is 1.14 bits per heavy atom. The minimum Gasteiger partial charge on any atom is -0.388 e. The van der Waals surface area contributed by atoms with Gasteiger partial charge in [-0.2, -0.15) is 0 Å². The highest BCUT2D eigenvalue weighted by molar-refractivity contribution is 6.31. The Hall–Kier alpha value is -2.54. The lowest BCUT2D eigenvalue weighted by Gasteiger charge is -2.23. The molecule has 3 aromatic rings. The summed E-state index contributed by atoms with van der Waals surface area (Å²) < 4.78 is 1.78. The fourth-order valence-electron chi connectivity index (χ4n) is 3.40. The van der Waals surface area contributed by atoms with Crippen LogP contribution in [0, 0.1) is 0 Å². The number of benzene rings is 2. The van der Waals surface area contributed by atoms with Crippen molar-refractivity contribution in [2.75, 3.05) is 14.1 Å². The summed E-state index contributed by atoms with van der Waals surface area (Å²) in [5.41, 5.74) is 1.62. The molecule has 29 heavy (non-hydrogen) atoms. The number of carbonyl (C=O) groups excluding carboxylic acids is 1. The number of hydrogen-bond donors (Lipinski definition) is 1. The number of aliphatic hydroxyl groups is 1. The maximum absolute atomic E-state index is 13.2. The smallest absolute Gasteiger partial charge is 0.195 e. The number of ketones is 1. The molecule has 152 valence electrons. The molecule has 0 fully saturated rings. The predicted molar refractivity (Wildman–Crippen MR) is 114 cm³/mol. The van der Waals surface area contributed by atoms with Gasteiger partial charge in [0.1, 0.15) is 12.4 Å². The van der Waals surface area contributed by atoms with Gasteiger partial charge in [-0.1, -0.05) is 48.9 Å². The lowest BCUT2D eigenvalue weighted by molar-refractivity contribution is 0.103. The van der Waals surface area contributed by atoms with Gasteiger partial charge < -0.3 is 10.0 Å². The standard InChI is InChI=1S/C22H25ClN4O2/c1-4-17(26(2)3)13-20-24-25-21(14-28)27(20)19-11-10-16(23)12-18(19)22(29)15-8-6-5-7-9-15/h5-12,17,28H,4,13-14H2,1-3H3. The summed E-state index contributed by atoms with van der Waals surface area (Å²) >= 11 is 6.22. The molecular formula is C22H25ClN4O2. The second-order valence-electron chi connectivity index (χ2n) is 7.11. The Labute approximate surface area is 175 Å². The van der Waals surface area contributed by atoms with Gasteiger partial charge in [0.15, 0.2) is 11.6 Å². The number of likely N-dealkylation sites (N-methyl/N-ethyl adjacent to an activating group) is 1. The molecule has 1 heterocycles. The molecule has 1 aromatic heterocycles. The third-order valence-corrected chi connectivity index (χ3v) is 5.27. The Kier molecular flexibility index (Phi) is 6.79. The number of halogens is 1. The highest BCUT2D eigenvalue weighted by Gasteiger charge is 2.23. The number of carbonyl (C=O) groups is 1. The van der Waals surface area contributed by atoms with Crippen molar-refractivity contribution >= 4 is 17.4 Å². The number of nitrogens with zero attached hydrogens (tertiary/aromatic N) is 4. The molecule has 0 amide bonds. The highest BCUT2D eigenvalue weighted by atomic mass is 35.5. The van der Waals surface area contributed by atoms with Crippen LogP contribution in [0.3, 0.4) is 0 Å². The van der Waals surface area contributed by atoms with Crippen molar-refractivity contribution in [2.24, 2.45) is 0 Å². The summed E-state index contributed by atoms with van der Waals surface area (Å²) in [7, 11) is 4.04. The summed E-state index contributed by atoms with van der Waals surface area (Å²) in [6.07, 6.45) is 1.57. The van der Waals surface area contributed by atoms with Gasteiger partial charge in [0.25, 0.3) is 0 Å². The number of rotatable bonds is 8. The van der Waals surface area contributed by atoms with Crippen molar-refractivity contribution in [3.8, 4) is 5.69 Å². The summed E-state index contributed by atoms with van der Waals surface area (Å²) in [4.78, 5) is 15.4. The van der Waals surface area contributed by atoms with Crippen molar-refractivity contribution < 1.29 is 9.90 Å². The second-order valence-corrected chi connectivity index (χ2v) is 7.55. The van der Waals surface area contributed by atoms with Crippen LogP contribution in [0.2, 0.25) is 5.02 Å². The zero-order chi connectivity index (χ0) is 21.0. The molecule has 1 unspecified atom stereocenters. The molecule has 1 N–H and O–H groups in total. The second kappa shape index (κ2) is 9.31. The number of aliphatic hydroxyl groups excluding tert-OH is 1. The predicted octanol–water partition coefficient (Wildman–Crippen LogP) is 3.53. The summed E-state index contributed by atoms with van der Waals surface area (Å²) in [6, 6.07) is 14.5. The maximum atomic E-state index is 13.2. The van der Waals surface area contributed by atoms with E-state index >= 15 is 0 Å². The Balaban J connectivity index is 2.14. The zero-order valence-electron chi connectivity index (χ0n) is 16.8. The van der Waals surface area contributed by atoms with E-state index < -0.39 is 0 Å². The van der Waals surface area contributed by atoms with Gasteiger partial charge in [-0.15, -0.1) is 10.2 Å². The van der Waals surface area contributed by atoms with Crippen LogP contribution in [0.4, 0.5) is 0 Å². The van der Waals surface area contributed by atoms with Crippen LogP contribution in [-0.2, 0) is 13.0 Å². The van der Waals surface area contributed by atoms with Crippen LogP contribution in [0.5, 0.6) is 0 Å². The topological polar surface area (TPSA) is 71.2 Å². The van der Waals surface area contributed by atoms with Gasteiger partial charge in [-0.05, 0) is 38.7 Å². The summed E-state index contributed by atoms with van der Waals surface area (Å²) in [5, 5.41) is 18.8. The van der Waals surface area contributed by atoms with E-state index in [2.05, 4.69) is 22.0 Å². The first kappa shape index (κ1) is 21.2. The van der Waals surface area contributed by atoms with E-state index in [0.29, 0.717) is 39.9 Å².